The van der Waals surface area contributed by atoms with Crippen LogP contribution in [0.15, 0.2) is 4.52 Å². The zero-order valence-corrected chi connectivity index (χ0v) is 11.9. The fourth-order valence-electron chi connectivity index (χ4n) is 1.59. The van der Waals surface area contributed by atoms with E-state index in [2.05, 4.69) is 36.2 Å². The molecule has 5 heteroatoms. The second-order valence-electron chi connectivity index (χ2n) is 4.94. The van der Waals surface area contributed by atoms with E-state index in [4.69, 9.17) is 9.26 Å². The maximum atomic E-state index is 5.19. The zero-order chi connectivity index (χ0) is 13.4. The van der Waals surface area contributed by atoms with Crippen molar-refractivity contribution in [3.05, 3.63) is 11.7 Å². The Morgan fingerprint density at radius 1 is 1.33 bits per heavy atom. The van der Waals surface area contributed by atoms with Crippen LogP contribution in [-0.2, 0) is 11.2 Å². The molecule has 0 saturated carbocycles. The van der Waals surface area contributed by atoms with Crippen LogP contribution in [0.5, 0.6) is 0 Å². The fourth-order valence-corrected chi connectivity index (χ4v) is 1.59. The molecule has 5 nitrogen and oxygen atoms in total. The minimum absolute atomic E-state index is 0.328. The van der Waals surface area contributed by atoms with Gasteiger partial charge in [0.1, 0.15) is 0 Å². The van der Waals surface area contributed by atoms with Crippen molar-refractivity contribution < 1.29 is 9.26 Å². The van der Waals surface area contributed by atoms with Gasteiger partial charge in [-0.25, -0.2) is 0 Å². The smallest absolute Gasteiger partial charge is 0.226 e. The minimum Gasteiger partial charge on any atom is -0.385 e. The van der Waals surface area contributed by atoms with Gasteiger partial charge in [-0.1, -0.05) is 19.0 Å². The first kappa shape index (κ1) is 15.1. The van der Waals surface area contributed by atoms with Crippen LogP contribution in [0.1, 0.15) is 51.2 Å². The van der Waals surface area contributed by atoms with Crippen molar-refractivity contribution in [3.63, 3.8) is 0 Å². The summed E-state index contributed by atoms with van der Waals surface area (Å²) in [4.78, 5) is 4.35. The average molecular weight is 255 g/mol. The molecule has 0 amide bonds. The maximum Gasteiger partial charge on any atom is 0.226 e. The Bertz CT molecular complexity index is 326. The third-order valence-corrected chi connectivity index (χ3v) is 2.82. The van der Waals surface area contributed by atoms with Gasteiger partial charge in [-0.15, -0.1) is 0 Å². The number of nitrogens with one attached hydrogen (secondary N) is 1. The van der Waals surface area contributed by atoms with E-state index in [1.54, 1.807) is 7.11 Å². The predicted octanol–water partition coefficient (Wildman–Crippen LogP) is 2.14. The normalized spacial score (nSPS) is 13.2. The van der Waals surface area contributed by atoms with Crippen molar-refractivity contribution in [2.24, 2.45) is 0 Å². The number of aryl methyl sites for hydroxylation is 1. The summed E-state index contributed by atoms with van der Waals surface area (Å²) in [7, 11) is 1.73. The van der Waals surface area contributed by atoms with Crippen LogP contribution in [0.25, 0.3) is 0 Å². The maximum absolute atomic E-state index is 5.19. The summed E-state index contributed by atoms with van der Waals surface area (Å²) in [6.45, 7) is 8.06. The number of rotatable bonds is 9. The molecule has 1 N–H and O–H groups in total. The highest BCUT2D eigenvalue weighted by Gasteiger charge is 2.09. The lowest BCUT2D eigenvalue weighted by atomic mass is 10.2. The molecule has 0 aliphatic rings. The molecule has 0 aliphatic heterocycles. The van der Waals surface area contributed by atoms with Gasteiger partial charge in [0.05, 0.1) is 0 Å². The van der Waals surface area contributed by atoms with Gasteiger partial charge >= 0.3 is 0 Å². The first-order valence-corrected chi connectivity index (χ1v) is 6.68. The van der Waals surface area contributed by atoms with E-state index >= 15 is 0 Å². The van der Waals surface area contributed by atoms with Gasteiger partial charge in [0, 0.05) is 32.1 Å². The largest absolute Gasteiger partial charge is 0.385 e. The monoisotopic (exact) mass is 255 g/mol. The Hall–Kier alpha value is -0.940. The standard InChI is InChI=1S/C13H25N3O2/c1-10(2)13-15-12(18-16-13)6-5-8-14-11(3)7-9-17-4/h10-11,14H,5-9H2,1-4H3/t11-/m0/s1. The third kappa shape index (κ3) is 5.60. The molecule has 0 bridgehead atoms. The molecule has 104 valence electrons. The Kier molecular flexibility index (Phi) is 6.90. The van der Waals surface area contributed by atoms with Gasteiger partial charge < -0.3 is 14.6 Å². The van der Waals surface area contributed by atoms with E-state index in [9.17, 15) is 0 Å². The van der Waals surface area contributed by atoms with Gasteiger partial charge in [-0.05, 0) is 26.3 Å². The summed E-state index contributed by atoms with van der Waals surface area (Å²) in [6.07, 6.45) is 2.88. The molecule has 1 rings (SSSR count). The molecule has 0 spiro atoms. The van der Waals surface area contributed by atoms with Gasteiger partial charge in [0.15, 0.2) is 5.82 Å². The second kappa shape index (κ2) is 8.21. The molecule has 0 aromatic carbocycles. The molecular weight excluding hydrogens is 230 g/mol. The molecule has 0 radical (unpaired) electrons. The molecule has 0 fully saturated rings. The first-order chi connectivity index (χ1) is 8.63. The highest BCUT2D eigenvalue weighted by atomic mass is 16.5. The Morgan fingerprint density at radius 3 is 2.72 bits per heavy atom. The number of aromatic nitrogens is 2. The number of hydrogen-bond acceptors (Lipinski definition) is 5. The summed E-state index contributed by atoms with van der Waals surface area (Å²) >= 11 is 0. The van der Waals surface area contributed by atoms with Gasteiger partial charge in [0.25, 0.3) is 0 Å². The highest BCUT2D eigenvalue weighted by molar-refractivity contribution is 4.91. The zero-order valence-electron chi connectivity index (χ0n) is 11.9. The van der Waals surface area contributed by atoms with Gasteiger partial charge in [-0.3, -0.25) is 0 Å². The second-order valence-corrected chi connectivity index (χ2v) is 4.94. The summed E-state index contributed by atoms with van der Waals surface area (Å²) in [6, 6.07) is 0.485. The summed E-state index contributed by atoms with van der Waals surface area (Å²) in [5.74, 6) is 1.87. The number of ether oxygens (including phenoxy) is 1. The van der Waals surface area contributed by atoms with Crippen molar-refractivity contribution in [2.75, 3.05) is 20.3 Å². The molecule has 0 unspecified atom stereocenters. The topological polar surface area (TPSA) is 60.2 Å². The molecule has 1 heterocycles. The molecule has 0 aliphatic carbocycles. The highest BCUT2D eigenvalue weighted by Crippen LogP contribution is 2.10. The van der Waals surface area contributed by atoms with Crippen LogP contribution in [0.3, 0.4) is 0 Å². The number of nitrogens with zero attached hydrogens (tertiary/aromatic N) is 2. The van der Waals surface area contributed by atoms with Crippen LogP contribution >= 0.6 is 0 Å². The van der Waals surface area contributed by atoms with Crippen molar-refractivity contribution in [1.82, 2.24) is 15.5 Å². The minimum atomic E-state index is 0.328. The van der Waals surface area contributed by atoms with Crippen LogP contribution in [-0.4, -0.2) is 36.4 Å². The molecule has 1 atom stereocenters. The molecule has 0 saturated heterocycles. The lowest BCUT2D eigenvalue weighted by molar-refractivity contribution is 0.185. The summed E-state index contributed by atoms with van der Waals surface area (Å²) < 4.78 is 10.2. The van der Waals surface area contributed by atoms with Crippen molar-refractivity contribution in [3.8, 4) is 0 Å². The first-order valence-electron chi connectivity index (χ1n) is 6.68. The third-order valence-electron chi connectivity index (χ3n) is 2.82. The van der Waals surface area contributed by atoms with E-state index < -0.39 is 0 Å². The van der Waals surface area contributed by atoms with Crippen molar-refractivity contribution >= 4 is 0 Å². The fraction of sp³-hybridized carbons (Fsp3) is 0.846. The van der Waals surface area contributed by atoms with Crippen LogP contribution in [0.2, 0.25) is 0 Å². The number of hydrogen-bond donors (Lipinski definition) is 1. The lowest BCUT2D eigenvalue weighted by Crippen LogP contribution is -2.28. The van der Waals surface area contributed by atoms with Crippen LogP contribution < -0.4 is 5.32 Å². The van der Waals surface area contributed by atoms with E-state index in [0.29, 0.717) is 12.0 Å². The van der Waals surface area contributed by atoms with Crippen molar-refractivity contribution in [2.45, 2.75) is 52.0 Å². The Balaban J connectivity index is 2.13. The Labute approximate surface area is 109 Å². The van der Waals surface area contributed by atoms with E-state index in [1.165, 1.54) is 0 Å². The van der Waals surface area contributed by atoms with Crippen molar-refractivity contribution in [1.29, 1.82) is 0 Å². The van der Waals surface area contributed by atoms with E-state index in [1.807, 2.05) is 0 Å². The predicted molar refractivity (Wildman–Crippen MR) is 70.7 cm³/mol. The lowest BCUT2D eigenvalue weighted by Gasteiger charge is -2.12. The van der Waals surface area contributed by atoms with E-state index in [-0.39, 0.29) is 0 Å². The van der Waals surface area contributed by atoms with Gasteiger partial charge in [0.2, 0.25) is 5.89 Å². The van der Waals surface area contributed by atoms with Crippen LogP contribution in [0.4, 0.5) is 0 Å². The Morgan fingerprint density at radius 2 is 2.11 bits per heavy atom. The SMILES string of the molecule is COCC[C@H](C)NCCCc1nc(C(C)C)no1. The number of methoxy groups -OCH3 is 1. The molecular formula is C13H25N3O2. The van der Waals surface area contributed by atoms with Gasteiger partial charge in [-0.2, -0.15) is 4.98 Å². The summed E-state index contributed by atoms with van der Waals surface area (Å²) in [5, 5.41) is 7.39. The molecule has 18 heavy (non-hydrogen) atoms. The summed E-state index contributed by atoms with van der Waals surface area (Å²) in [5.41, 5.74) is 0. The molecule has 1 aromatic heterocycles. The average Bonchev–Trinajstić information content (AvgIpc) is 2.81. The quantitative estimate of drug-likeness (QED) is 0.685. The van der Waals surface area contributed by atoms with E-state index in [0.717, 1.165) is 44.1 Å². The van der Waals surface area contributed by atoms with Crippen LogP contribution in [0, 0.1) is 0 Å². The molecule has 1 aromatic rings.